The molecule has 0 saturated carbocycles. The van der Waals surface area contributed by atoms with Crippen LogP contribution in [0.2, 0.25) is 0 Å². The van der Waals surface area contributed by atoms with Gasteiger partial charge in [-0.15, -0.1) is 0 Å². The van der Waals surface area contributed by atoms with E-state index >= 15 is 0 Å². The van der Waals surface area contributed by atoms with Crippen LogP contribution < -0.4 is 20.3 Å². The fraction of sp³-hybridized carbons (Fsp3) is 0.240. The van der Waals surface area contributed by atoms with Gasteiger partial charge in [0.05, 0.1) is 12.8 Å². The second-order valence-electron chi connectivity index (χ2n) is 7.59. The van der Waals surface area contributed by atoms with Crippen molar-refractivity contribution in [3.63, 3.8) is 0 Å². The molecule has 0 radical (unpaired) electrons. The SMILES string of the molecule is C=CC(=O)N1CCCCc2ccc(Nc3nc(Nc4ccc(OCC)cc4)ncc3F)cc21. The van der Waals surface area contributed by atoms with Gasteiger partial charge in [0.1, 0.15) is 5.75 Å². The first-order valence-electron chi connectivity index (χ1n) is 10.9. The van der Waals surface area contributed by atoms with Crippen LogP contribution in [-0.2, 0) is 11.2 Å². The summed E-state index contributed by atoms with van der Waals surface area (Å²) >= 11 is 0. The molecule has 2 N–H and O–H groups in total. The van der Waals surface area contributed by atoms with Crippen molar-refractivity contribution in [2.45, 2.75) is 26.2 Å². The van der Waals surface area contributed by atoms with Gasteiger partial charge in [0, 0.05) is 23.6 Å². The lowest BCUT2D eigenvalue weighted by atomic mass is 10.1. The van der Waals surface area contributed by atoms with Crippen molar-refractivity contribution in [3.8, 4) is 5.75 Å². The Morgan fingerprint density at radius 3 is 2.73 bits per heavy atom. The maximum atomic E-state index is 14.5. The van der Waals surface area contributed by atoms with Crippen LogP contribution in [-0.4, -0.2) is 29.0 Å². The van der Waals surface area contributed by atoms with E-state index in [4.69, 9.17) is 4.74 Å². The zero-order chi connectivity index (χ0) is 23.2. The molecule has 0 unspecified atom stereocenters. The molecule has 0 fully saturated rings. The lowest BCUT2D eigenvalue weighted by molar-refractivity contribution is -0.114. The summed E-state index contributed by atoms with van der Waals surface area (Å²) in [7, 11) is 0. The summed E-state index contributed by atoms with van der Waals surface area (Å²) in [6.07, 6.45) is 5.23. The zero-order valence-corrected chi connectivity index (χ0v) is 18.5. The number of ether oxygens (including phenoxy) is 1. The Balaban J connectivity index is 1.56. The molecule has 0 spiro atoms. The summed E-state index contributed by atoms with van der Waals surface area (Å²) in [5, 5.41) is 6.09. The van der Waals surface area contributed by atoms with Crippen LogP contribution in [0, 0.1) is 5.82 Å². The van der Waals surface area contributed by atoms with Crippen LogP contribution in [0.3, 0.4) is 0 Å². The van der Waals surface area contributed by atoms with Gasteiger partial charge in [0.2, 0.25) is 11.9 Å². The van der Waals surface area contributed by atoms with Crippen LogP contribution in [0.15, 0.2) is 61.3 Å². The number of aryl methyl sites for hydroxylation is 1. The minimum atomic E-state index is -0.582. The Kier molecular flexibility index (Phi) is 6.83. The van der Waals surface area contributed by atoms with Crippen molar-refractivity contribution >= 4 is 34.7 Å². The number of nitrogens with one attached hydrogen (secondary N) is 2. The van der Waals surface area contributed by atoms with Crippen molar-refractivity contribution in [1.29, 1.82) is 0 Å². The molecule has 0 saturated heterocycles. The number of rotatable bonds is 7. The molecule has 2 aromatic carbocycles. The molecule has 0 bridgehead atoms. The molecule has 1 aromatic heterocycles. The van der Waals surface area contributed by atoms with E-state index in [1.165, 1.54) is 6.08 Å². The van der Waals surface area contributed by atoms with Crippen LogP contribution in [0.5, 0.6) is 5.75 Å². The molecule has 4 rings (SSSR count). The van der Waals surface area contributed by atoms with Gasteiger partial charge in [-0.1, -0.05) is 12.6 Å². The largest absolute Gasteiger partial charge is 0.494 e. The molecule has 33 heavy (non-hydrogen) atoms. The van der Waals surface area contributed by atoms with E-state index in [1.54, 1.807) is 4.90 Å². The Bertz CT molecular complexity index is 1150. The predicted molar refractivity (Wildman–Crippen MR) is 128 cm³/mol. The molecule has 2 heterocycles. The average molecular weight is 448 g/mol. The molecule has 3 aromatic rings. The predicted octanol–water partition coefficient (Wildman–Crippen LogP) is 5.36. The second-order valence-corrected chi connectivity index (χ2v) is 7.59. The Morgan fingerprint density at radius 2 is 1.97 bits per heavy atom. The Hall–Kier alpha value is -3.94. The monoisotopic (exact) mass is 447 g/mol. The summed E-state index contributed by atoms with van der Waals surface area (Å²) in [6.45, 7) is 6.75. The molecular weight excluding hydrogens is 421 g/mol. The minimum Gasteiger partial charge on any atom is -0.494 e. The first-order chi connectivity index (χ1) is 16.1. The maximum absolute atomic E-state index is 14.5. The van der Waals surface area contributed by atoms with E-state index in [0.29, 0.717) is 18.8 Å². The van der Waals surface area contributed by atoms with E-state index in [2.05, 4.69) is 27.2 Å². The topological polar surface area (TPSA) is 79.4 Å². The molecule has 1 aliphatic heterocycles. The fourth-order valence-corrected chi connectivity index (χ4v) is 3.73. The highest BCUT2D eigenvalue weighted by molar-refractivity contribution is 6.02. The Morgan fingerprint density at radius 1 is 1.18 bits per heavy atom. The number of carbonyl (C=O) groups excluding carboxylic acids is 1. The van der Waals surface area contributed by atoms with Crippen molar-refractivity contribution in [2.24, 2.45) is 0 Å². The number of fused-ring (bicyclic) bond motifs is 1. The third-order valence-electron chi connectivity index (χ3n) is 5.32. The van der Waals surface area contributed by atoms with E-state index in [1.807, 2.05) is 49.4 Å². The number of carbonyl (C=O) groups is 1. The third kappa shape index (κ3) is 5.28. The highest BCUT2D eigenvalue weighted by Gasteiger charge is 2.20. The van der Waals surface area contributed by atoms with Crippen molar-refractivity contribution < 1.29 is 13.9 Å². The van der Waals surface area contributed by atoms with Crippen molar-refractivity contribution in [3.05, 3.63) is 72.7 Å². The number of anilines is 5. The molecule has 1 amide bonds. The van der Waals surface area contributed by atoms with Gasteiger partial charge in [-0.3, -0.25) is 4.79 Å². The molecule has 0 aliphatic carbocycles. The van der Waals surface area contributed by atoms with Crippen molar-refractivity contribution in [1.82, 2.24) is 9.97 Å². The molecule has 1 aliphatic rings. The van der Waals surface area contributed by atoms with Gasteiger partial charge < -0.3 is 20.3 Å². The standard InChI is InChI=1S/C25H26FN5O2/c1-3-23(32)31-14-6-5-7-17-8-9-19(15-22(17)31)28-24-21(26)16-27-25(30-24)29-18-10-12-20(13-11-18)33-4-2/h3,8-13,15-16H,1,4-7,14H2,2H3,(H2,27,28,29,30). The average Bonchev–Trinajstić information content (AvgIpc) is 3.04. The molecule has 7 nitrogen and oxygen atoms in total. The molecule has 170 valence electrons. The smallest absolute Gasteiger partial charge is 0.250 e. The van der Waals surface area contributed by atoms with Gasteiger partial charge in [-0.2, -0.15) is 4.98 Å². The lowest BCUT2D eigenvalue weighted by Gasteiger charge is -2.22. The van der Waals surface area contributed by atoms with E-state index in [0.717, 1.165) is 48.1 Å². The van der Waals surface area contributed by atoms with Crippen molar-refractivity contribution in [2.75, 3.05) is 28.7 Å². The summed E-state index contributed by atoms with van der Waals surface area (Å²) in [5.41, 5.74) is 3.26. The summed E-state index contributed by atoms with van der Waals surface area (Å²) in [4.78, 5) is 22.4. The molecular formula is C25H26FN5O2. The number of hydrogen-bond donors (Lipinski definition) is 2. The highest BCUT2D eigenvalue weighted by atomic mass is 19.1. The number of benzene rings is 2. The number of hydrogen-bond acceptors (Lipinski definition) is 6. The first kappa shape index (κ1) is 22.3. The number of nitrogens with zero attached hydrogens (tertiary/aromatic N) is 3. The van der Waals surface area contributed by atoms with Gasteiger partial charge >= 0.3 is 0 Å². The Labute approximate surface area is 192 Å². The van der Waals surface area contributed by atoms with E-state index in [9.17, 15) is 9.18 Å². The van der Waals surface area contributed by atoms with Gasteiger partial charge in [-0.05, 0) is 74.2 Å². The van der Waals surface area contributed by atoms with Gasteiger partial charge in [-0.25, -0.2) is 9.37 Å². The van der Waals surface area contributed by atoms with Gasteiger partial charge in [0.25, 0.3) is 0 Å². The number of aromatic nitrogens is 2. The quantitative estimate of drug-likeness (QED) is 0.475. The van der Waals surface area contributed by atoms with Crippen LogP contribution >= 0.6 is 0 Å². The first-order valence-corrected chi connectivity index (χ1v) is 10.9. The molecule has 0 atom stereocenters. The minimum absolute atomic E-state index is 0.0357. The molecule has 8 heteroatoms. The number of halogens is 1. The van der Waals surface area contributed by atoms with Crippen LogP contribution in [0.25, 0.3) is 0 Å². The van der Waals surface area contributed by atoms with E-state index in [-0.39, 0.29) is 17.7 Å². The summed E-state index contributed by atoms with van der Waals surface area (Å²) < 4.78 is 19.9. The normalized spacial score (nSPS) is 13.0. The fourth-order valence-electron chi connectivity index (χ4n) is 3.73. The van der Waals surface area contributed by atoms with Crippen LogP contribution in [0.4, 0.5) is 33.2 Å². The third-order valence-corrected chi connectivity index (χ3v) is 5.32. The maximum Gasteiger partial charge on any atom is 0.250 e. The lowest BCUT2D eigenvalue weighted by Crippen LogP contribution is -2.29. The highest BCUT2D eigenvalue weighted by Crippen LogP contribution is 2.31. The van der Waals surface area contributed by atoms with E-state index < -0.39 is 5.82 Å². The summed E-state index contributed by atoms with van der Waals surface area (Å²) in [6, 6.07) is 13.0. The summed E-state index contributed by atoms with van der Waals surface area (Å²) in [5.74, 6) is 0.319. The number of amides is 1. The van der Waals surface area contributed by atoms with Gasteiger partial charge in [0.15, 0.2) is 11.6 Å². The second kappa shape index (κ2) is 10.1. The van der Waals surface area contributed by atoms with Crippen LogP contribution in [0.1, 0.15) is 25.3 Å². The zero-order valence-electron chi connectivity index (χ0n) is 18.5.